The van der Waals surface area contributed by atoms with E-state index in [2.05, 4.69) is 4.99 Å². The van der Waals surface area contributed by atoms with Crippen LogP contribution in [0.4, 0.5) is 5.69 Å². The molecular weight excluding hydrogens is 258 g/mol. The molecule has 0 spiro atoms. The Bertz CT molecular complexity index is 791. The zero-order valence-corrected chi connectivity index (χ0v) is 11.6. The van der Waals surface area contributed by atoms with Crippen molar-refractivity contribution in [1.82, 2.24) is 0 Å². The Kier molecular flexibility index (Phi) is 3.88. The Labute approximate surface area is 123 Å². The van der Waals surface area contributed by atoms with Gasteiger partial charge in [0.25, 0.3) is 0 Å². The van der Waals surface area contributed by atoms with Gasteiger partial charge in [-0.15, -0.1) is 0 Å². The monoisotopic (exact) mass is 273 g/mol. The van der Waals surface area contributed by atoms with Crippen LogP contribution < -0.4 is 0 Å². The van der Waals surface area contributed by atoms with E-state index in [9.17, 15) is 4.79 Å². The van der Waals surface area contributed by atoms with Gasteiger partial charge in [-0.05, 0) is 29.0 Å². The standard InChI is InChI=1S/C19H15NO/c21-19(12-13-20-18-8-2-1-3-9-18)17-11-10-15-6-4-5-7-16(15)14-17/h1-11,13-14H,12H2. The summed E-state index contributed by atoms with van der Waals surface area (Å²) >= 11 is 0. The fourth-order valence-electron chi connectivity index (χ4n) is 2.23. The van der Waals surface area contributed by atoms with Crippen molar-refractivity contribution in [3.05, 3.63) is 78.4 Å². The number of ketones is 1. The lowest BCUT2D eigenvalue weighted by molar-refractivity contribution is 0.100. The summed E-state index contributed by atoms with van der Waals surface area (Å²) in [5.41, 5.74) is 1.59. The molecule has 102 valence electrons. The van der Waals surface area contributed by atoms with Gasteiger partial charge in [0.05, 0.1) is 5.69 Å². The molecule has 21 heavy (non-hydrogen) atoms. The van der Waals surface area contributed by atoms with E-state index in [1.165, 1.54) is 0 Å². The second-order valence-corrected chi connectivity index (χ2v) is 4.84. The van der Waals surface area contributed by atoms with Crippen LogP contribution >= 0.6 is 0 Å². The molecule has 0 N–H and O–H groups in total. The van der Waals surface area contributed by atoms with Crippen LogP contribution in [0.3, 0.4) is 0 Å². The van der Waals surface area contributed by atoms with Crippen LogP contribution in [-0.2, 0) is 0 Å². The Hall–Kier alpha value is -2.74. The second kappa shape index (κ2) is 6.14. The van der Waals surface area contributed by atoms with Gasteiger partial charge in [-0.25, -0.2) is 0 Å². The molecule has 0 radical (unpaired) electrons. The smallest absolute Gasteiger partial charge is 0.168 e. The van der Waals surface area contributed by atoms with E-state index in [1.807, 2.05) is 72.8 Å². The molecule has 3 aromatic carbocycles. The molecule has 0 aromatic heterocycles. The number of para-hydroxylation sites is 1. The quantitative estimate of drug-likeness (QED) is 0.495. The second-order valence-electron chi connectivity index (χ2n) is 4.84. The number of hydrogen-bond acceptors (Lipinski definition) is 2. The molecule has 0 unspecified atom stereocenters. The minimum Gasteiger partial charge on any atom is -0.294 e. The zero-order chi connectivity index (χ0) is 14.5. The highest BCUT2D eigenvalue weighted by molar-refractivity contribution is 6.05. The van der Waals surface area contributed by atoms with Crippen molar-refractivity contribution in [2.75, 3.05) is 0 Å². The Morgan fingerprint density at radius 1 is 0.857 bits per heavy atom. The molecule has 0 bridgehead atoms. The van der Waals surface area contributed by atoms with Crippen LogP contribution in [0.5, 0.6) is 0 Å². The number of carbonyl (C=O) groups is 1. The van der Waals surface area contributed by atoms with Crippen LogP contribution in [0.2, 0.25) is 0 Å². The van der Waals surface area contributed by atoms with E-state index in [-0.39, 0.29) is 5.78 Å². The number of Topliss-reactive ketones (excluding diaryl/α,β-unsaturated/α-hetero) is 1. The van der Waals surface area contributed by atoms with Gasteiger partial charge in [-0.3, -0.25) is 9.79 Å². The average Bonchev–Trinajstić information content (AvgIpc) is 2.55. The van der Waals surface area contributed by atoms with E-state index in [0.717, 1.165) is 22.0 Å². The number of rotatable bonds is 4. The summed E-state index contributed by atoms with van der Waals surface area (Å²) < 4.78 is 0. The molecule has 0 atom stereocenters. The van der Waals surface area contributed by atoms with Crippen molar-refractivity contribution in [1.29, 1.82) is 0 Å². The maximum Gasteiger partial charge on any atom is 0.168 e. The van der Waals surface area contributed by atoms with Gasteiger partial charge in [0.15, 0.2) is 5.78 Å². The summed E-state index contributed by atoms with van der Waals surface area (Å²) in [6, 6.07) is 23.5. The number of nitrogens with zero attached hydrogens (tertiary/aromatic N) is 1. The van der Waals surface area contributed by atoms with Crippen molar-refractivity contribution in [2.45, 2.75) is 6.42 Å². The molecule has 0 aliphatic rings. The molecular formula is C19H15NO. The first-order valence-electron chi connectivity index (χ1n) is 6.92. The number of fused-ring (bicyclic) bond motifs is 1. The highest BCUT2D eigenvalue weighted by Gasteiger charge is 2.04. The summed E-state index contributed by atoms with van der Waals surface area (Å²) in [5, 5.41) is 2.23. The summed E-state index contributed by atoms with van der Waals surface area (Å²) in [6.45, 7) is 0. The normalized spacial score (nSPS) is 11.0. The Balaban J connectivity index is 1.73. The molecule has 0 saturated heterocycles. The van der Waals surface area contributed by atoms with Gasteiger partial charge in [-0.1, -0.05) is 54.6 Å². The molecule has 0 saturated carbocycles. The van der Waals surface area contributed by atoms with Gasteiger partial charge in [-0.2, -0.15) is 0 Å². The molecule has 0 aliphatic heterocycles. The predicted molar refractivity (Wildman–Crippen MR) is 87.5 cm³/mol. The van der Waals surface area contributed by atoms with Crippen LogP contribution in [-0.4, -0.2) is 12.0 Å². The summed E-state index contributed by atoms with van der Waals surface area (Å²) in [5.74, 6) is 0.0837. The maximum absolute atomic E-state index is 12.2. The first-order chi connectivity index (χ1) is 10.3. The van der Waals surface area contributed by atoms with Gasteiger partial charge in [0.2, 0.25) is 0 Å². The number of aliphatic imine (C=N–C) groups is 1. The van der Waals surface area contributed by atoms with Gasteiger partial charge >= 0.3 is 0 Å². The minimum absolute atomic E-state index is 0.0837. The third-order valence-corrected chi connectivity index (χ3v) is 3.34. The third-order valence-electron chi connectivity index (χ3n) is 3.34. The molecule has 2 heteroatoms. The number of hydrogen-bond donors (Lipinski definition) is 0. The zero-order valence-electron chi connectivity index (χ0n) is 11.6. The fourth-order valence-corrected chi connectivity index (χ4v) is 2.23. The summed E-state index contributed by atoms with van der Waals surface area (Å²) in [4.78, 5) is 16.5. The first kappa shape index (κ1) is 13.3. The lowest BCUT2D eigenvalue weighted by Crippen LogP contribution is -1.99. The van der Waals surface area contributed by atoms with E-state index in [4.69, 9.17) is 0 Å². The molecule has 3 aromatic rings. The maximum atomic E-state index is 12.2. The summed E-state index contributed by atoms with van der Waals surface area (Å²) in [7, 11) is 0. The van der Waals surface area contributed by atoms with E-state index >= 15 is 0 Å². The lowest BCUT2D eigenvalue weighted by Gasteiger charge is -2.01. The fraction of sp³-hybridized carbons (Fsp3) is 0.0526. The summed E-state index contributed by atoms with van der Waals surface area (Å²) in [6.07, 6.45) is 1.99. The molecule has 0 fully saturated rings. The third kappa shape index (κ3) is 3.23. The minimum atomic E-state index is 0.0837. The largest absolute Gasteiger partial charge is 0.294 e. The van der Waals surface area contributed by atoms with Crippen LogP contribution in [0.1, 0.15) is 16.8 Å². The van der Waals surface area contributed by atoms with Crippen LogP contribution in [0, 0.1) is 0 Å². The Morgan fingerprint density at radius 2 is 1.57 bits per heavy atom. The molecule has 3 rings (SSSR count). The highest BCUT2D eigenvalue weighted by atomic mass is 16.1. The molecule has 0 heterocycles. The van der Waals surface area contributed by atoms with Crippen molar-refractivity contribution in [3.63, 3.8) is 0 Å². The Morgan fingerprint density at radius 3 is 2.38 bits per heavy atom. The van der Waals surface area contributed by atoms with Gasteiger partial charge in [0.1, 0.15) is 0 Å². The van der Waals surface area contributed by atoms with Gasteiger partial charge < -0.3 is 0 Å². The van der Waals surface area contributed by atoms with Crippen LogP contribution in [0.15, 0.2) is 77.8 Å². The molecule has 2 nitrogen and oxygen atoms in total. The van der Waals surface area contributed by atoms with E-state index in [1.54, 1.807) is 6.21 Å². The van der Waals surface area contributed by atoms with E-state index in [0.29, 0.717) is 6.42 Å². The van der Waals surface area contributed by atoms with Gasteiger partial charge in [0, 0.05) is 18.2 Å². The van der Waals surface area contributed by atoms with Crippen molar-refractivity contribution in [3.8, 4) is 0 Å². The topological polar surface area (TPSA) is 29.4 Å². The first-order valence-corrected chi connectivity index (χ1v) is 6.92. The van der Waals surface area contributed by atoms with Crippen LogP contribution in [0.25, 0.3) is 10.8 Å². The molecule has 0 amide bonds. The van der Waals surface area contributed by atoms with E-state index < -0.39 is 0 Å². The predicted octanol–water partition coefficient (Wildman–Crippen LogP) is 4.82. The number of benzene rings is 3. The molecule has 0 aliphatic carbocycles. The van der Waals surface area contributed by atoms with Crippen molar-refractivity contribution in [2.24, 2.45) is 4.99 Å². The van der Waals surface area contributed by atoms with Crippen molar-refractivity contribution >= 4 is 28.5 Å². The number of carbonyl (C=O) groups excluding carboxylic acids is 1. The SMILES string of the molecule is O=C(CC=Nc1ccccc1)c1ccc2ccccc2c1. The highest BCUT2D eigenvalue weighted by Crippen LogP contribution is 2.16. The van der Waals surface area contributed by atoms with Crippen molar-refractivity contribution < 1.29 is 4.79 Å². The lowest BCUT2D eigenvalue weighted by atomic mass is 10.0. The average molecular weight is 273 g/mol.